The Morgan fingerprint density at radius 1 is 1.16 bits per heavy atom. The first-order valence-electron chi connectivity index (χ1n) is 8.64. The van der Waals surface area contributed by atoms with Gasteiger partial charge in [-0.05, 0) is 44.6 Å². The fraction of sp³-hybridized carbons (Fsp3) is 0.556. The van der Waals surface area contributed by atoms with E-state index in [2.05, 4.69) is 47.6 Å². The van der Waals surface area contributed by atoms with Crippen molar-refractivity contribution in [2.24, 2.45) is 0 Å². The van der Waals surface area contributed by atoms with Gasteiger partial charge < -0.3 is 4.57 Å². The fourth-order valence-electron chi connectivity index (χ4n) is 2.77. The van der Waals surface area contributed by atoms with Crippen LogP contribution < -0.4 is 0 Å². The predicted octanol–water partition coefficient (Wildman–Crippen LogP) is 5.69. The number of hydrogen-bond donors (Lipinski definition) is 0. The summed E-state index contributed by atoms with van der Waals surface area (Å²) in [6.45, 7) is 5.31. The Kier molecular flexibility index (Phi) is 8.07. The molecule has 0 bridgehead atoms. The highest BCUT2D eigenvalue weighted by molar-refractivity contribution is 7.98. The molecule has 1 heterocycles. The van der Waals surface area contributed by atoms with Gasteiger partial charge in [0, 0.05) is 22.3 Å². The Balaban J connectivity index is 2.26. The molecule has 0 aliphatic carbocycles. The number of hydrogen-bond acceptors (Lipinski definition) is 4. The topological polar surface area (TPSA) is 34.0 Å². The molecule has 2 aromatic rings. The summed E-state index contributed by atoms with van der Waals surface area (Å²) in [4.78, 5) is 2.20. The number of nitrogens with zero attached hydrogens (tertiary/aromatic N) is 4. The smallest absolute Gasteiger partial charge is 0.191 e. The van der Waals surface area contributed by atoms with Gasteiger partial charge in [-0.3, -0.25) is 4.90 Å². The molecule has 2 rings (SSSR count). The Bertz CT molecular complexity index is 667. The minimum absolute atomic E-state index is 0.266. The second-order valence-electron chi connectivity index (χ2n) is 6.22. The number of benzene rings is 1. The largest absolute Gasteiger partial charge is 0.305 e. The molecular weight excluding hydrogens is 375 g/mol. The molecule has 0 saturated carbocycles. The molecule has 0 aliphatic rings. The van der Waals surface area contributed by atoms with Gasteiger partial charge in [0.15, 0.2) is 11.0 Å². The van der Waals surface area contributed by atoms with Crippen LogP contribution in [0.2, 0.25) is 10.0 Å². The van der Waals surface area contributed by atoms with Crippen molar-refractivity contribution in [3.05, 3.63) is 39.6 Å². The van der Waals surface area contributed by atoms with Crippen LogP contribution in [-0.4, -0.2) is 33.8 Å². The molecule has 1 aromatic heterocycles. The first kappa shape index (κ1) is 20.6. The third-order valence-electron chi connectivity index (χ3n) is 4.20. The lowest BCUT2D eigenvalue weighted by Crippen LogP contribution is -2.23. The van der Waals surface area contributed by atoms with Crippen LogP contribution in [0.25, 0.3) is 0 Å². The molecular formula is C18H26Cl2N4S. The average Bonchev–Trinajstić information content (AvgIpc) is 2.95. The maximum Gasteiger partial charge on any atom is 0.191 e. The van der Waals surface area contributed by atoms with Gasteiger partial charge in [-0.2, -0.15) is 0 Å². The highest BCUT2D eigenvalue weighted by Gasteiger charge is 2.22. The second kappa shape index (κ2) is 9.81. The number of thioether (sulfide) groups is 1. The van der Waals surface area contributed by atoms with Crippen molar-refractivity contribution in [1.29, 1.82) is 0 Å². The van der Waals surface area contributed by atoms with Crippen molar-refractivity contribution in [3.8, 4) is 0 Å². The minimum atomic E-state index is 0.266. The Morgan fingerprint density at radius 2 is 1.84 bits per heavy atom. The first-order chi connectivity index (χ1) is 12.0. The summed E-state index contributed by atoms with van der Waals surface area (Å²) in [6.07, 6.45) is 3.24. The molecule has 7 heteroatoms. The quantitative estimate of drug-likeness (QED) is 0.506. The van der Waals surface area contributed by atoms with Gasteiger partial charge in [-0.1, -0.05) is 61.3 Å². The summed E-state index contributed by atoms with van der Waals surface area (Å²) in [5.41, 5.74) is 0.946. The summed E-state index contributed by atoms with van der Waals surface area (Å²) in [5.74, 6) is 1.72. The van der Waals surface area contributed by atoms with Crippen molar-refractivity contribution in [3.63, 3.8) is 0 Å². The average molecular weight is 401 g/mol. The predicted molar refractivity (Wildman–Crippen MR) is 108 cm³/mol. The first-order valence-corrected chi connectivity index (χ1v) is 10.4. The zero-order valence-corrected chi connectivity index (χ0v) is 17.6. The molecule has 0 amide bonds. The molecule has 0 spiro atoms. The monoisotopic (exact) mass is 400 g/mol. The maximum atomic E-state index is 6.29. The number of aromatic nitrogens is 3. The van der Waals surface area contributed by atoms with Crippen LogP contribution in [0.1, 0.15) is 50.5 Å². The molecule has 0 radical (unpaired) electrons. The van der Waals surface area contributed by atoms with Crippen molar-refractivity contribution < 1.29 is 0 Å². The third kappa shape index (κ3) is 5.13. The normalized spacial score (nSPS) is 12.8. The maximum absolute atomic E-state index is 6.29. The van der Waals surface area contributed by atoms with E-state index in [1.54, 1.807) is 11.8 Å². The molecule has 1 aromatic carbocycles. The van der Waals surface area contributed by atoms with Crippen molar-refractivity contribution in [2.45, 2.75) is 56.6 Å². The van der Waals surface area contributed by atoms with E-state index >= 15 is 0 Å². The fourth-order valence-corrected chi connectivity index (χ4v) is 4.48. The van der Waals surface area contributed by atoms with E-state index in [0.29, 0.717) is 15.8 Å². The van der Waals surface area contributed by atoms with E-state index in [0.717, 1.165) is 42.4 Å². The van der Waals surface area contributed by atoms with Crippen LogP contribution in [0.3, 0.4) is 0 Å². The second-order valence-corrected chi connectivity index (χ2v) is 7.98. The van der Waals surface area contributed by atoms with Crippen LogP contribution in [-0.2, 0) is 12.3 Å². The summed E-state index contributed by atoms with van der Waals surface area (Å²) in [5, 5.41) is 11.3. The summed E-state index contributed by atoms with van der Waals surface area (Å²) in [6, 6.07) is 5.87. The van der Waals surface area contributed by atoms with Gasteiger partial charge in [0.25, 0.3) is 0 Å². The van der Waals surface area contributed by atoms with E-state index in [-0.39, 0.29) is 6.04 Å². The van der Waals surface area contributed by atoms with Crippen LogP contribution in [0, 0.1) is 0 Å². The Labute approximate surface area is 164 Å². The van der Waals surface area contributed by atoms with E-state index in [9.17, 15) is 0 Å². The van der Waals surface area contributed by atoms with E-state index in [1.807, 2.05) is 18.2 Å². The Morgan fingerprint density at radius 3 is 2.40 bits per heavy atom. The van der Waals surface area contributed by atoms with E-state index in [4.69, 9.17) is 23.2 Å². The molecule has 4 nitrogen and oxygen atoms in total. The standard InChI is InChI=1S/C18H26Cl2N4S/c1-5-7-11-24-17(16(6-2)23(3)4)21-22-18(24)25-12-13-14(19)9-8-10-15(13)20/h8-10,16H,5-7,11-12H2,1-4H3. The van der Waals surface area contributed by atoms with Gasteiger partial charge in [0.05, 0.1) is 6.04 Å². The molecule has 0 aliphatic heterocycles. The van der Waals surface area contributed by atoms with Gasteiger partial charge in [0.2, 0.25) is 0 Å². The van der Waals surface area contributed by atoms with Crippen molar-refractivity contribution >= 4 is 35.0 Å². The summed E-state index contributed by atoms with van der Waals surface area (Å²) >= 11 is 14.2. The van der Waals surface area contributed by atoms with E-state index < -0.39 is 0 Å². The lowest BCUT2D eigenvalue weighted by molar-refractivity contribution is 0.270. The van der Waals surface area contributed by atoms with Crippen molar-refractivity contribution in [1.82, 2.24) is 19.7 Å². The molecule has 1 atom stereocenters. The van der Waals surface area contributed by atoms with Gasteiger partial charge in [0.1, 0.15) is 0 Å². The highest BCUT2D eigenvalue weighted by Crippen LogP contribution is 2.32. The molecule has 25 heavy (non-hydrogen) atoms. The molecule has 0 saturated heterocycles. The molecule has 1 unspecified atom stereocenters. The number of rotatable bonds is 9. The van der Waals surface area contributed by atoms with Gasteiger partial charge in [-0.25, -0.2) is 0 Å². The Hall–Kier alpha value is -0.750. The number of unbranched alkanes of at least 4 members (excludes halogenated alkanes) is 1. The molecule has 138 valence electrons. The van der Waals surface area contributed by atoms with Crippen molar-refractivity contribution in [2.75, 3.05) is 14.1 Å². The van der Waals surface area contributed by atoms with Crippen LogP contribution in [0.4, 0.5) is 0 Å². The molecule has 0 N–H and O–H groups in total. The van der Waals surface area contributed by atoms with Crippen LogP contribution in [0.5, 0.6) is 0 Å². The summed E-state index contributed by atoms with van der Waals surface area (Å²) < 4.78 is 2.26. The lowest BCUT2D eigenvalue weighted by atomic mass is 10.2. The van der Waals surface area contributed by atoms with Crippen LogP contribution >= 0.6 is 35.0 Å². The van der Waals surface area contributed by atoms with E-state index in [1.165, 1.54) is 0 Å². The van der Waals surface area contributed by atoms with Crippen LogP contribution in [0.15, 0.2) is 23.4 Å². The molecule has 0 fully saturated rings. The zero-order chi connectivity index (χ0) is 18.4. The van der Waals surface area contributed by atoms with Gasteiger partial charge >= 0.3 is 0 Å². The third-order valence-corrected chi connectivity index (χ3v) is 5.90. The zero-order valence-electron chi connectivity index (χ0n) is 15.3. The van der Waals surface area contributed by atoms with Gasteiger partial charge in [-0.15, -0.1) is 10.2 Å². The SMILES string of the molecule is CCCCn1c(SCc2c(Cl)cccc2Cl)nnc1C(CC)N(C)C. The number of halogens is 2. The lowest BCUT2D eigenvalue weighted by Gasteiger charge is -2.23. The summed E-state index contributed by atoms with van der Waals surface area (Å²) in [7, 11) is 4.17. The minimum Gasteiger partial charge on any atom is -0.305 e. The highest BCUT2D eigenvalue weighted by atomic mass is 35.5.